The number of hydrogen-bond acceptors (Lipinski definition) is 4. The number of nitriles is 1. The molecule has 0 aromatic heterocycles. The third-order valence-electron chi connectivity index (χ3n) is 4.07. The van der Waals surface area contributed by atoms with Crippen molar-refractivity contribution >= 4 is 10.2 Å². The predicted molar refractivity (Wildman–Crippen MR) is 87.7 cm³/mol. The van der Waals surface area contributed by atoms with Gasteiger partial charge in [0, 0.05) is 33.8 Å². The average Bonchev–Trinajstić information content (AvgIpc) is 2.56. The van der Waals surface area contributed by atoms with Crippen LogP contribution in [0.3, 0.4) is 0 Å². The van der Waals surface area contributed by atoms with Crippen LogP contribution in [0.5, 0.6) is 0 Å². The zero-order valence-corrected chi connectivity index (χ0v) is 14.4. The quantitative estimate of drug-likeness (QED) is 0.790. The minimum Gasteiger partial charge on any atom is -0.376 e. The Hall–Kier alpha value is -1.46. The summed E-state index contributed by atoms with van der Waals surface area (Å²) < 4.78 is 32.6. The number of nitrogens with zero attached hydrogens (tertiary/aromatic N) is 3. The third-order valence-corrected chi connectivity index (χ3v) is 6.01. The topological polar surface area (TPSA) is 73.6 Å². The smallest absolute Gasteiger partial charge is 0.281 e. The molecule has 0 N–H and O–H groups in total. The monoisotopic (exact) mass is 337 g/mol. The number of ether oxygens (including phenoxy) is 1. The van der Waals surface area contributed by atoms with Crippen molar-refractivity contribution < 1.29 is 13.2 Å². The summed E-state index contributed by atoms with van der Waals surface area (Å²) in [5.74, 6) is 0.391. The Morgan fingerprint density at radius 3 is 2.39 bits per heavy atom. The largest absolute Gasteiger partial charge is 0.376 e. The summed E-state index contributed by atoms with van der Waals surface area (Å²) in [4.78, 5) is 0. The Morgan fingerprint density at radius 2 is 1.87 bits per heavy atom. The van der Waals surface area contributed by atoms with Crippen molar-refractivity contribution in [3.8, 4) is 6.07 Å². The van der Waals surface area contributed by atoms with Crippen LogP contribution in [0.1, 0.15) is 24.0 Å². The minimum atomic E-state index is -3.29. The van der Waals surface area contributed by atoms with Crippen molar-refractivity contribution in [2.24, 2.45) is 5.92 Å². The number of benzene rings is 1. The highest BCUT2D eigenvalue weighted by molar-refractivity contribution is 7.86. The molecule has 0 radical (unpaired) electrons. The number of hydrogen-bond donors (Lipinski definition) is 0. The van der Waals surface area contributed by atoms with E-state index >= 15 is 0 Å². The summed E-state index contributed by atoms with van der Waals surface area (Å²) in [7, 11) is -0.179. The van der Waals surface area contributed by atoms with Crippen LogP contribution in [0.4, 0.5) is 0 Å². The summed E-state index contributed by atoms with van der Waals surface area (Å²) in [6.45, 7) is 2.24. The molecular weight excluding hydrogens is 314 g/mol. The molecule has 1 saturated heterocycles. The number of rotatable bonds is 6. The number of piperidine rings is 1. The van der Waals surface area contributed by atoms with Gasteiger partial charge in [-0.3, -0.25) is 0 Å². The van der Waals surface area contributed by atoms with Gasteiger partial charge < -0.3 is 4.74 Å². The molecule has 6 nitrogen and oxygen atoms in total. The molecule has 1 aliphatic rings. The maximum absolute atomic E-state index is 12.0. The Morgan fingerprint density at radius 1 is 1.26 bits per heavy atom. The van der Waals surface area contributed by atoms with Crippen LogP contribution in [0.25, 0.3) is 0 Å². The van der Waals surface area contributed by atoms with Crippen molar-refractivity contribution in [2.45, 2.75) is 19.4 Å². The zero-order chi connectivity index (χ0) is 16.9. The lowest BCUT2D eigenvalue weighted by molar-refractivity contribution is 0.0683. The lowest BCUT2D eigenvalue weighted by Gasteiger charge is -2.32. The van der Waals surface area contributed by atoms with Crippen molar-refractivity contribution in [3.63, 3.8) is 0 Å². The molecule has 0 spiro atoms. The van der Waals surface area contributed by atoms with Crippen molar-refractivity contribution in [1.82, 2.24) is 8.61 Å². The molecule has 0 amide bonds. The molecule has 0 atom stereocenters. The van der Waals surface area contributed by atoms with E-state index in [1.54, 1.807) is 26.2 Å². The van der Waals surface area contributed by atoms with Gasteiger partial charge in [-0.15, -0.1) is 0 Å². The standard InChI is InChI=1S/C16H23N3O3S/c1-18(2)23(20,21)19-9-7-16(8-10-19)13-22-12-15-5-3-14(11-17)4-6-15/h3-6,16H,7-10,12-13H2,1-2H3. The van der Waals surface area contributed by atoms with E-state index in [9.17, 15) is 8.42 Å². The summed E-state index contributed by atoms with van der Waals surface area (Å²) in [6, 6.07) is 9.44. The van der Waals surface area contributed by atoms with E-state index in [2.05, 4.69) is 6.07 Å². The molecule has 7 heteroatoms. The second kappa shape index (κ2) is 7.88. The van der Waals surface area contributed by atoms with E-state index in [1.807, 2.05) is 12.1 Å². The van der Waals surface area contributed by atoms with Gasteiger partial charge in [0.2, 0.25) is 0 Å². The van der Waals surface area contributed by atoms with Crippen LogP contribution in [-0.2, 0) is 21.6 Å². The van der Waals surface area contributed by atoms with Crippen LogP contribution >= 0.6 is 0 Å². The summed E-state index contributed by atoms with van der Waals surface area (Å²) in [5.41, 5.74) is 1.68. The Labute approximate surface area is 138 Å². The first-order chi connectivity index (χ1) is 10.9. The van der Waals surface area contributed by atoms with Gasteiger partial charge in [0.05, 0.1) is 18.2 Å². The van der Waals surface area contributed by atoms with Gasteiger partial charge in [0.25, 0.3) is 10.2 Å². The molecule has 0 saturated carbocycles. The van der Waals surface area contributed by atoms with Crippen molar-refractivity contribution in [1.29, 1.82) is 5.26 Å². The molecule has 126 valence electrons. The van der Waals surface area contributed by atoms with E-state index in [-0.39, 0.29) is 0 Å². The summed E-state index contributed by atoms with van der Waals surface area (Å²) >= 11 is 0. The lowest BCUT2D eigenvalue weighted by atomic mass is 9.99. The first kappa shape index (κ1) is 17.9. The maximum Gasteiger partial charge on any atom is 0.281 e. The molecule has 0 unspecified atom stereocenters. The summed E-state index contributed by atoms with van der Waals surface area (Å²) in [5, 5.41) is 8.76. The maximum atomic E-state index is 12.0. The van der Waals surface area contributed by atoms with E-state index in [1.165, 1.54) is 8.61 Å². The highest BCUT2D eigenvalue weighted by atomic mass is 32.2. The van der Waals surface area contributed by atoms with Gasteiger partial charge in [0.15, 0.2) is 0 Å². The first-order valence-corrected chi connectivity index (χ1v) is 9.07. The second-order valence-corrected chi connectivity index (χ2v) is 8.10. The molecule has 23 heavy (non-hydrogen) atoms. The molecule has 1 aliphatic heterocycles. The van der Waals surface area contributed by atoms with Crippen LogP contribution < -0.4 is 0 Å². The average molecular weight is 337 g/mol. The van der Waals surface area contributed by atoms with Gasteiger partial charge in [-0.05, 0) is 36.5 Å². The zero-order valence-electron chi connectivity index (χ0n) is 13.6. The first-order valence-electron chi connectivity index (χ1n) is 7.68. The van der Waals surface area contributed by atoms with Gasteiger partial charge in [-0.1, -0.05) is 12.1 Å². The molecule has 1 aromatic rings. The van der Waals surface area contributed by atoms with Crippen LogP contribution in [0.15, 0.2) is 24.3 Å². The summed E-state index contributed by atoms with van der Waals surface area (Å²) in [6.07, 6.45) is 1.64. The van der Waals surface area contributed by atoms with Gasteiger partial charge in [0.1, 0.15) is 0 Å². The predicted octanol–water partition coefficient (Wildman–Crippen LogP) is 1.59. The SMILES string of the molecule is CN(C)S(=O)(=O)N1CCC(COCc2ccc(C#N)cc2)CC1. The third kappa shape index (κ3) is 4.75. The van der Waals surface area contributed by atoms with Crippen LogP contribution in [0, 0.1) is 17.2 Å². The van der Waals surface area contributed by atoms with Gasteiger partial charge in [-0.2, -0.15) is 22.3 Å². The fourth-order valence-electron chi connectivity index (χ4n) is 2.56. The van der Waals surface area contributed by atoms with E-state index in [0.717, 1.165) is 18.4 Å². The van der Waals surface area contributed by atoms with Crippen LogP contribution in [-0.4, -0.2) is 50.8 Å². The van der Waals surface area contributed by atoms with E-state index < -0.39 is 10.2 Å². The lowest BCUT2D eigenvalue weighted by Crippen LogP contribution is -2.44. The molecule has 1 aromatic carbocycles. The van der Waals surface area contributed by atoms with Crippen molar-refractivity contribution in [2.75, 3.05) is 33.8 Å². The second-order valence-electron chi connectivity index (χ2n) is 5.96. The fraction of sp³-hybridized carbons (Fsp3) is 0.562. The molecule has 1 fully saturated rings. The van der Waals surface area contributed by atoms with Gasteiger partial charge in [-0.25, -0.2) is 0 Å². The molecule has 0 bridgehead atoms. The van der Waals surface area contributed by atoms with E-state index in [4.69, 9.17) is 10.00 Å². The molecular formula is C16H23N3O3S. The Kier molecular flexibility index (Phi) is 6.13. The fourth-order valence-corrected chi connectivity index (χ4v) is 3.69. The van der Waals surface area contributed by atoms with Gasteiger partial charge >= 0.3 is 0 Å². The Balaban J connectivity index is 1.73. The molecule has 1 heterocycles. The van der Waals surface area contributed by atoms with Crippen LogP contribution in [0.2, 0.25) is 0 Å². The normalized spacial score (nSPS) is 17.3. The minimum absolute atomic E-state index is 0.391. The molecule has 0 aliphatic carbocycles. The molecule has 2 rings (SSSR count). The van der Waals surface area contributed by atoms with E-state index in [0.29, 0.717) is 37.8 Å². The Bertz CT molecular complexity index is 642. The van der Waals surface area contributed by atoms with Crippen molar-refractivity contribution in [3.05, 3.63) is 35.4 Å². The highest BCUT2D eigenvalue weighted by Gasteiger charge is 2.29. The highest BCUT2D eigenvalue weighted by Crippen LogP contribution is 2.21.